The van der Waals surface area contributed by atoms with Crippen LogP contribution in [0.25, 0.3) is 0 Å². The summed E-state index contributed by atoms with van der Waals surface area (Å²) in [5.74, 6) is -0.266. The molecule has 1 aliphatic heterocycles. The number of carbonyl (C=O) groups is 1. The molecule has 2 atom stereocenters. The molecule has 1 saturated heterocycles. The number of hydrogen-bond donors (Lipinski definition) is 1. The summed E-state index contributed by atoms with van der Waals surface area (Å²) in [5.41, 5.74) is 5.29. The van der Waals surface area contributed by atoms with E-state index in [0.29, 0.717) is 6.42 Å². The average Bonchev–Trinajstić information content (AvgIpc) is 1.85. The first-order valence-corrected chi connectivity index (χ1v) is 2.66. The molecular weight excluding hydrogens is 142 g/mol. The molecule has 4 heteroatoms. The Bertz CT molecular complexity index is 118. The lowest BCUT2D eigenvalue weighted by Crippen LogP contribution is -2.24. The Morgan fingerprint density at radius 3 is 2.44 bits per heavy atom. The van der Waals surface area contributed by atoms with Crippen LogP contribution >= 0.6 is 12.4 Å². The zero-order valence-electron chi connectivity index (χ0n) is 5.16. The number of carbonyl (C=O) groups excluding carboxylic acids is 1. The van der Waals surface area contributed by atoms with E-state index >= 15 is 0 Å². The molecule has 1 rings (SSSR count). The second kappa shape index (κ2) is 3.03. The van der Waals surface area contributed by atoms with Crippen molar-refractivity contribution in [1.29, 1.82) is 0 Å². The highest BCUT2D eigenvalue weighted by atomic mass is 35.5. The number of hydrogen-bond acceptors (Lipinski definition) is 3. The van der Waals surface area contributed by atoms with Gasteiger partial charge in [-0.15, -0.1) is 12.4 Å². The molecule has 0 unspecified atom stereocenters. The third-order valence-electron chi connectivity index (χ3n) is 1.21. The van der Waals surface area contributed by atoms with Gasteiger partial charge in [0.2, 0.25) is 0 Å². The van der Waals surface area contributed by atoms with Crippen molar-refractivity contribution in [3.63, 3.8) is 0 Å². The molecule has 1 aliphatic rings. The molecule has 0 spiro atoms. The minimum absolute atomic E-state index is 0. The van der Waals surface area contributed by atoms with Crippen LogP contribution in [0.5, 0.6) is 0 Å². The smallest absolute Gasteiger partial charge is 0.323 e. The Hall–Kier alpha value is -0.280. The summed E-state index contributed by atoms with van der Waals surface area (Å²) in [5, 5.41) is 0. The molecule has 3 nitrogen and oxygen atoms in total. The van der Waals surface area contributed by atoms with E-state index in [1.165, 1.54) is 0 Å². The Labute approximate surface area is 60.0 Å². The lowest BCUT2D eigenvalue weighted by Gasteiger charge is -1.95. The largest absolute Gasteiger partial charge is 0.461 e. The number of ether oxygens (including phenoxy) is 1. The van der Waals surface area contributed by atoms with Crippen LogP contribution in [-0.4, -0.2) is 18.1 Å². The number of halogens is 1. The quantitative estimate of drug-likeness (QED) is 0.499. The van der Waals surface area contributed by atoms with Gasteiger partial charge in [-0.3, -0.25) is 4.79 Å². The van der Waals surface area contributed by atoms with E-state index in [1.54, 1.807) is 0 Å². The third kappa shape index (κ3) is 1.84. The second-order valence-electron chi connectivity index (χ2n) is 2.09. The lowest BCUT2D eigenvalue weighted by atomic mass is 10.2. The van der Waals surface area contributed by atoms with E-state index in [4.69, 9.17) is 10.5 Å². The Kier molecular flexibility index (Phi) is 2.94. The predicted octanol–water partition coefficient (Wildman–Crippen LogP) is 0.0709. The first-order valence-electron chi connectivity index (χ1n) is 2.66. The summed E-state index contributed by atoms with van der Waals surface area (Å²) < 4.78 is 4.71. The molecule has 0 amide bonds. The molecular formula is C5H10ClNO2. The van der Waals surface area contributed by atoms with Crippen LogP contribution in [0.15, 0.2) is 0 Å². The molecule has 0 radical (unpaired) electrons. The fourth-order valence-corrected chi connectivity index (χ4v) is 0.788. The van der Waals surface area contributed by atoms with Crippen LogP contribution < -0.4 is 5.73 Å². The molecule has 0 saturated carbocycles. The fraction of sp³-hybridized carbons (Fsp3) is 0.800. The van der Waals surface area contributed by atoms with E-state index in [9.17, 15) is 4.79 Å². The zero-order valence-corrected chi connectivity index (χ0v) is 5.98. The van der Waals surface area contributed by atoms with Gasteiger partial charge in [0.1, 0.15) is 12.1 Å². The fourth-order valence-electron chi connectivity index (χ4n) is 0.788. The van der Waals surface area contributed by atoms with Crippen molar-refractivity contribution in [2.75, 3.05) is 0 Å². The van der Waals surface area contributed by atoms with E-state index in [-0.39, 0.29) is 30.5 Å². The van der Waals surface area contributed by atoms with Gasteiger partial charge in [-0.1, -0.05) is 0 Å². The van der Waals surface area contributed by atoms with Gasteiger partial charge >= 0.3 is 5.97 Å². The maximum Gasteiger partial charge on any atom is 0.323 e. The average molecular weight is 152 g/mol. The summed E-state index contributed by atoms with van der Waals surface area (Å²) in [7, 11) is 0. The van der Waals surface area contributed by atoms with Gasteiger partial charge in [-0.25, -0.2) is 0 Å². The van der Waals surface area contributed by atoms with Crippen molar-refractivity contribution >= 4 is 18.4 Å². The molecule has 0 bridgehead atoms. The molecule has 0 aliphatic carbocycles. The minimum Gasteiger partial charge on any atom is -0.461 e. The first kappa shape index (κ1) is 8.72. The Morgan fingerprint density at radius 2 is 2.33 bits per heavy atom. The SMILES string of the molecule is C[C@@H]1C[C@H](N)C(=O)O1.Cl. The monoisotopic (exact) mass is 151 g/mol. The van der Waals surface area contributed by atoms with Crippen LogP contribution in [0.4, 0.5) is 0 Å². The van der Waals surface area contributed by atoms with Crippen molar-refractivity contribution in [1.82, 2.24) is 0 Å². The highest BCUT2D eigenvalue weighted by Crippen LogP contribution is 2.10. The topological polar surface area (TPSA) is 52.3 Å². The zero-order chi connectivity index (χ0) is 6.15. The van der Waals surface area contributed by atoms with Crippen molar-refractivity contribution in [2.45, 2.75) is 25.5 Å². The molecule has 1 fully saturated rings. The summed E-state index contributed by atoms with van der Waals surface area (Å²) in [6.45, 7) is 1.84. The first-order chi connectivity index (χ1) is 3.70. The van der Waals surface area contributed by atoms with Gasteiger partial charge in [-0.2, -0.15) is 0 Å². The lowest BCUT2D eigenvalue weighted by molar-refractivity contribution is -0.141. The van der Waals surface area contributed by atoms with E-state index in [2.05, 4.69) is 0 Å². The highest BCUT2D eigenvalue weighted by Gasteiger charge is 2.27. The van der Waals surface area contributed by atoms with Gasteiger partial charge in [0, 0.05) is 6.42 Å². The van der Waals surface area contributed by atoms with E-state index < -0.39 is 0 Å². The maximum absolute atomic E-state index is 10.4. The molecule has 2 N–H and O–H groups in total. The molecule has 0 aromatic heterocycles. The van der Waals surface area contributed by atoms with Gasteiger partial charge in [-0.05, 0) is 6.92 Å². The molecule has 0 aromatic rings. The van der Waals surface area contributed by atoms with Crippen molar-refractivity contribution in [3.8, 4) is 0 Å². The molecule has 9 heavy (non-hydrogen) atoms. The highest BCUT2D eigenvalue weighted by molar-refractivity contribution is 5.85. The molecule has 1 heterocycles. The third-order valence-corrected chi connectivity index (χ3v) is 1.21. The van der Waals surface area contributed by atoms with Crippen LogP contribution in [0.3, 0.4) is 0 Å². The minimum atomic E-state index is -0.370. The number of rotatable bonds is 0. The Balaban J connectivity index is 0.000000640. The maximum atomic E-state index is 10.4. The number of nitrogens with two attached hydrogens (primary N) is 1. The van der Waals surface area contributed by atoms with Crippen molar-refractivity contribution < 1.29 is 9.53 Å². The summed E-state index contributed by atoms with van der Waals surface area (Å²) in [4.78, 5) is 10.4. The van der Waals surface area contributed by atoms with Crippen LogP contribution in [0.1, 0.15) is 13.3 Å². The molecule has 0 aromatic carbocycles. The normalized spacial score (nSPS) is 33.3. The van der Waals surface area contributed by atoms with Gasteiger partial charge in [0.05, 0.1) is 0 Å². The van der Waals surface area contributed by atoms with E-state index in [1.807, 2.05) is 6.92 Å². The summed E-state index contributed by atoms with van der Waals surface area (Å²) in [6.07, 6.45) is 0.691. The van der Waals surface area contributed by atoms with Crippen molar-refractivity contribution in [2.24, 2.45) is 5.73 Å². The van der Waals surface area contributed by atoms with Crippen LogP contribution in [-0.2, 0) is 9.53 Å². The number of cyclic esters (lactones) is 1. The number of esters is 1. The summed E-state index contributed by atoms with van der Waals surface area (Å²) >= 11 is 0. The van der Waals surface area contributed by atoms with Gasteiger partial charge < -0.3 is 10.5 Å². The van der Waals surface area contributed by atoms with E-state index in [0.717, 1.165) is 0 Å². The predicted molar refractivity (Wildman–Crippen MR) is 35.4 cm³/mol. The standard InChI is InChI=1S/C5H9NO2.ClH/c1-3-2-4(6)5(7)8-3;/h3-4H,2,6H2,1H3;1H/t3-,4+;/m1./s1. The molecule has 54 valence electrons. The van der Waals surface area contributed by atoms with Gasteiger partial charge in [0.15, 0.2) is 0 Å². The van der Waals surface area contributed by atoms with Crippen LogP contribution in [0, 0.1) is 0 Å². The second-order valence-corrected chi connectivity index (χ2v) is 2.09. The van der Waals surface area contributed by atoms with Crippen LogP contribution in [0.2, 0.25) is 0 Å². The summed E-state index contributed by atoms with van der Waals surface area (Å²) in [6, 6.07) is -0.370. The van der Waals surface area contributed by atoms with Crippen molar-refractivity contribution in [3.05, 3.63) is 0 Å². The Morgan fingerprint density at radius 1 is 1.78 bits per heavy atom. The van der Waals surface area contributed by atoms with Gasteiger partial charge in [0.25, 0.3) is 0 Å².